The Hall–Kier alpha value is -1.65. The first-order valence-corrected chi connectivity index (χ1v) is 8.49. The summed E-state index contributed by atoms with van der Waals surface area (Å²) in [4.78, 5) is 25.4. The highest BCUT2D eigenvalue weighted by molar-refractivity contribution is 5.73. The van der Waals surface area contributed by atoms with E-state index in [2.05, 4.69) is 16.8 Å². The smallest absolute Gasteiger partial charge is 0.220 e. The van der Waals surface area contributed by atoms with Crippen molar-refractivity contribution in [2.75, 3.05) is 24.5 Å². The van der Waals surface area contributed by atoms with Crippen LogP contribution in [0.5, 0.6) is 0 Å². The number of carbonyl (C=O) groups excluding carboxylic acids is 1. The summed E-state index contributed by atoms with van der Waals surface area (Å²) in [5, 5.41) is 0. The van der Waals surface area contributed by atoms with E-state index in [9.17, 15) is 4.79 Å². The summed E-state index contributed by atoms with van der Waals surface area (Å²) in [7, 11) is 0. The molecule has 0 N–H and O–H groups in total. The normalized spacial score (nSPS) is 23.6. The number of carbonyl (C=O) groups is 1. The lowest BCUT2D eigenvalue weighted by Crippen LogP contribution is -2.38. The number of rotatable bonds is 2. The molecular formula is C17H26N4O. The average molecular weight is 302 g/mol. The Morgan fingerprint density at radius 2 is 1.91 bits per heavy atom. The fourth-order valence-corrected chi connectivity index (χ4v) is 3.54. The van der Waals surface area contributed by atoms with Gasteiger partial charge in [-0.3, -0.25) is 9.78 Å². The zero-order valence-electron chi connectivity index (χ0n) is 13.7. The molecule has 3 heterocycles. The Balaban J connectivity index is 1.79. The molecule has 0 radical (unpaired) electrons. The second kappa shape index (κ2) is 6.63. The van der Waals surface area contributed by atoms with Gasteiger partial charge in [-0.15, -0.1) is 0 Å². The maximum Gasteiger partial charge on any atom is 0.220 e. The minimum atomic E-state index is 0.0995. The molecule has 0 aromatic carbocycles. The van der Waals surface area contributed by atoms with E-state index < -0.39 is 0 Å². The maximum atomic E-state index is 11.9. The third kappa shape index (κ3) is 3.23. The molecule has 1 atom stereocenters. The molecule has 0 saturated carbocycles. The molecule has 0 unspecified atom stereocenters. The van der Waals surface area contributed by atoms with Crippen LogP contribution < -0.4 is 4.90 Å². The summed E-state index contributed by atoms with van der Waals surface area (Å²) in [6.45, 7) is 6.92. The summed E-state index contributed by atoms with van der Waals surface area (Å²) >= 11 is 0. The van der Waals surface area contributed by atoms with Crippen LogP contribution in [0.25, 0.3) is 0 Å². The van der Waals surface area contributed by atoms with Crippen LogP contribution in [0.1, 0.15) is 57.7 Å². The van der Waals surface area contributed by atoms with E-state index >= 15 is 0 Å². The van der Waals surface area contributed by atoms with Gasteiger partial charge in [0.25, 0.3) is 0 Å². The first-order chi connectivity index (χ1) is 10.6. The van der Waals surface area contributed by atoms with Gasteiger partial charge in [0.2, 0.25) is 5.91 Å². The van der Waals surface area contributed by atoms with Gasteiger partial charge < -0.3 is 9.80 Å². The number of hydrogen-bond acceptors (Lipinski definition) is 4. The fourth-order valence-electron chi connectivity index (χ4n) is 3.54. The molecule has 2 saturated heterocycles. The van der Waals surface area contributed by atoms with Crippen LogP contribution in [0.2, 0.25) is 0 Å². The summed E-state index contributed by atoms with van der Waals surface area (Å²) < 4.78 is 0. The predicted octanol–water partition coefficient (Wildman–Crippen LogP) is 2.79. The molecule has 1 aromatic rings. The van der Waals surface area contributed by atoms with Gasteiger partial charge in [0.05, 0.1) is 24.1 Å². The highest BCUT2D eigenvalue weighted by atomic mass is 16.2. The molecule has 3 rings (SSSR count). The number of anilines is 1. The number of likely N-dealkylation sites (tertiary alicyclic amines) is 1. The highest BCUT2D eigenvalue weighted by Gasteiger charge is 2.28. The molecule has 120 valence electrons. The van der Waals surface area contributed by atoms with Gasteiger partial charge in [-0.2, -0.15) is 0 Å². The number of hydrogen-bond donors (Lipinski definition) is 0. The Labute approximate surface area is 132 Å². The summed E-state index contributed by atoms with van der Waals surface area (Å²) in [5.41, 5.74) is 0.950. The van der Waals surface area contributed by atoms with E-state index in [-0.39, 0.29) is 11.9 Å². The highest BCUT2D eigenvalue weighted by Crippen LogP contribution is 2.30. The van der Waals surface area contributed by atoms with E-state index in [1.54, 1.807) is 6.92 Å². The summed E-state index contributed by atoms with van der Waals surface area (Å²) in [6.07, 6.45) is 9.37. The average Bonchev–Trinajstić information content (AvgIpc) is 2.55. The topological polar surface area (TPSA) is 49.3 Å². The Morgan fingerprint density at radius 1 is 1.14 bits per heavy atom. The van der Waals surface area contributed by atoms with Gasteiger partial charge in [-0.1, -0.05) is 6.92 Å². The lowest BCUT2D eigenvalue weighted by Gasteiger charge is -2.35. The molecular weight excluding hydrogens is 276 g/mol. The van der Waals surface area contributed by atoms with Crippen LogP contribution in [0, 0.1) is 5.92 Å². The van der Waals surface area contributed by atoms with Gasteiger partial charge in [0.1, 0.15) is 5.82 Å². The summed E-state index contributed by atoms with van der Waals surface area (Å²) in [5.74, 6) is 1.92. The zero-order valence-corrected chi connectivity index (χ0v) is 13.7. The monoisotopic (exact) mass is 302 g/mol. The molecule has 2 aliphatic heterocycles. The van der Waals surface area contributed by atoms with Crippen molar-refractivity contribution in [2.24, 2.45) is 5.92 Å². The van der Waals surface area contributed by atoms with Gasteiger partial charge in [-0.25, -0.2) is 4.98 Å². The van der Waals surface area contributed by atoms with Gasteiger partial charge in [0, 0.05) is 26.6 Å². The van der Waals surface area contributed by atoms with Crippen molar-refractivity contribution in [3.63, 3.8) is 0 Å². The van der Waals surface area contributed by atoms with Crippen molar-refractivity contribution in [1.29, 1.82) is 0 Å². The third-order valence-electron chi connectivity index (χ3n) is 5.00. The second-order valence-electron chi connectivity index (χ2n) is 6.70. The van der Waals surface area contributed by atoms with Crippen molar-refractivity contribution in [2.45, 2.75) is 52.0 Å². The molecule has 1 amide bonds. The zero-order chi connectivity index (χ0) is 15.5. The van der Waals surface area contributed by atoms with E-state index in [0.717, 1.165) is 56.3 Å². The van der Waals surface area contributed by atoms with Crippen molar-refractivity contribution in [1.82, 2.24) is 14.9 Å². The largest absolute Gasteiger partial charge is 0.355 e. The van der Waals surface area contributed by atoms with Crippen molar-refractivity contribution < 1.29 is 4.79 Å². The fraction of sp³-hybridized carbons (Fsp3) is 0.706. The molecule has 2 fully saturated rings. The third-order valence-corrected chi connectivity index (χ3v) is 5.00. The van der Waals surface area contributed by atoms with E-state index in [1.807, 2.05) is 17.3 Å². The van der Waals surface area contributed by atoms with Crippen molar-refractivity contribution >= 4 is 11.7 Å². The molecule has 22 heavy (non-hydrogen) atoms. The lowest BCUT2D eigenvalue weighted by molar-refractivity contribution is -0.132. The molecule has 0 bridgehead atoms. The quantitative estimate of drug-likeness (QED) is 0.843. The maximum absolute atomic E-state index is 11.9. The first kappa shape index (κ1) is 15.3. The van der Waals surface area contributed by atoms with Crippen LogP contribution in [0.15, 0.2) is 12.4 Å². The standard InChI is InChI=1S/C17H26N4O/c1-13-6-9-20(10-7-13)17-12-18-11-15(19-17)16-5-3-4-8-21(16)14(2)22/h11-13,16H,3-10H2,1-2H3/t16-/m0/s1. The van der Waals surface area contributed by atoms with Crippen LogP contribution in [-0.4, -0.2) is 40.4 Å². The van der Waals surface area contributed by atoms with Gasteiger partial charge >= 0.3 is 0 Å². The van der Waals surface area contributed by atoms with E-state index in [0.29, 0.717) is 0 Å². The molecule has 5 nitrogen and oxygen atoms in total. The molecule has 2 aliphatic rings. The van der Waals surface area contributed by atoms with Crippen molar-refractivity contribution in [3.05, 3.63) is 18.1 Å². The van der Waals surface area contributed by atoms with Gasteiger partial charge in [-0.05, 0) is 38.0 Å². The molecule has 0 spiro atoms. The Kier molecular flexibility index (Phi) is 4.60. The van der Waals surface area contributed by atoms with Crippen LogP contribution in [-0.2, 0) is 4.79 Å². The SMILES string of the molecule is CC(=O)N1CCCC[C@H]1c1cncc(N2CCC(C)CC2)n1. The number of piperidine rings is 2. The minimum Gasteiger partial charge on any atom is -0.355 e. The van der Waals surface area contributed by atoms with E-state index in [4.69, 9.17) is 4.98 Å². The first-order valence-electron chi connectivity index (χ1n) is 8.49. The van der Waals surface area contributed by atoms with Crippen molar-refractivity contribution in [3.8, 4) is 0 Å². The Morgan fingerprint density at radius 3 is 2.64 bits per heavy atom. The number of amides is 1. The number of nitrogens with zero attached hydrogens (tertiary/aromatic N) is 4. The minimum absolute atomic E-state index is 0.0995. The van der Waals surface area contributed by atoms with Crippen LogP contribution in [0.3, 0.4) is 0 Å². The number of aromatic nitrogens is 2. The van der Waals surface area contributed by atoms with Crippen LogP contribution in [0.4, 0.5) is 5.82 Å². The molecule has 1 aromatic heterocycles. The second-order valence-corrected chi connectivity index (χ2v) is 6.70. The Bertz CT molecular complexity index is 525. The van der Waals surface area contributed by atoms with Gasteiger partial charge in [0.15, 0.2) is 0 Å². The predicted molar refractivity (Wildman–Crippen MR) is 86.6 cm³/mol. The van der Waals surface area contributed by atoms with E-state index in [1.165, 1.54) is 12.8 Å². The molecule has 5 heteroatoms. The molecule has 0 aliphatic carbocycles. The summed E-state index contributed by atoms with van der Waals surface area (Å²) in [6, 6.07) is 0.0995. The lowest BCUT2D eigenvalue weighted by atomic mass is 9.99. The van der Waals surface area contributed by atoms with Crippen LogP contribution >= 0.6 is 0 Å².